The van der Waals surface area contributed by atoms with Gasteiger partial charge in [0.1, 0.15) is 0 Å². The SMILES string of the molecule is FC(F)(F)c1cc(I)cc(Cn2ccnc2)c1. The molecule has 0 unspecified atom stereocenters. The Morgan fingerprint density at radius 1 is 1.24 bits per heavy atom. The van der Waals surface area contributed by atoms with Crippen molar-refractivity contribution in [3.8, 4) is 0 Å². The molecule has 2 nitrogen and oxygen atoms in total. The Morgan fingerprint density at radius 3 is 2.59 bits per heavy atom. The number of nitrogens with zero attached hydrogens (tertiary/aromatic N) is 2. The van der Waals surface area contributed by atoms with Crippen LogP contribution in [-0.2, 0) is 12.7 Å². The van der Waals surface area contributed by atoms with Crippen molar-refractivity contribution >= 4 is 22.6 Å². The second-order valence-corrected chi connectivity index (χ2v) is 4.83. The lowest BCUT2D eigenvalue weighted by Gasteiger charge is -2.10. The molecule has 0 fully saturated rings. The molecule has 0 spiro atoms. The van der Waals surface area contributed by atoms with Crippen molar-refractivity contribution in [2.45, 2.75) is 12.7 Å². The third kappa shape index (κ3) is 3.21. The van der Waals surface area contributed by atoms with E-state index in [0.29, 0.717) is 15.7 Å². The summed E-state index contributed by atoms with van der Waals surface area (Å²) in [6.45, 7) is 0.389. The topological polar surface area (TPSA) is 17.8 Å². The van der Waals surface area contributed by atoms with Crippen LogP contribution in [0.1, 0.15) is 11.1 Å². The van der Waals surface area contributed by atoms with Crippen molar-refractivity contribution in [1.29, 1.82) is 0 Å². The van der Waals surface area contributed by atoms with Crippen LogP contribution in [0.25, 0.3) is 0 Å². The third-order valence-corrected chi connectivity index (χ3v) is 2.83. The minimum absolute atomic E-state index is 0.389. The summed E-state index contributed by atoms with van der Waals surface area (Å²) >= 11 is 1.89. The van der Waals surface area contributed by atoms with E-state index >= 15 is 0 Å². The van der Waals surface area contributed by atoms with Gasteiger partial charge in [-0.1, -0.05) is 0 Å². The average Bonchev–Trinajstić information content (AvgIpc) is 2.68. The highest BCUT2D eigenvalue weighted by Gasteiger charge is 2.30. The fourth-order valence-electron chi connectivity index (χ4n) is 1.50. The summed E-state index contributed by atoms with van der Waals surface area (Å²) in [7, 11) is 0. The fraction of sp³-hybridized carbons (Fsp3) is 0.182. The van der Waals surface area contributed by atoms with Gasteiger partial charge in [-0.2, -0.15) is 13.2 Å². The van der Waals surface area contributed by atoms with Crippen molar-refractivity contribution < 1.29 is 13.2 Å². The van der Waals surface area contributed by atoms with Gasteiger partial charge < -0.3 is 4.57 Å². The van der Waals surface area contributed by atoms with Crippen LogP contribution >= 0.6 is 22.6 Å². The normalized spacial score (nSPS) is 11.8. The van der Waals surface area contributed by atoms with Gasteiger partial charge >= 0.3 is 6.18 Å². The van der Waals surface area contributed by atoms with Crippen molar-refractivity contribution in [2.75, 3.05) is 0 Å². The van der Waals surface area contributed by atoms with Gasteiger partial charge in [-0.15, -0.1) is 0 Å². The van der Waals surface area contributed by atoms with Gasteiger partial charge in [-0.05, 0) is 46.4 Å². The van der Waals surface area contributed by atoms with E-state index in [1.54, 1.807) is 29.4 Å². The van der Waals surface area contributed by atoms with Gasteiger partial charge in [0.25, 0.3) is 0 Å². The first-order valence-electron chi connectivity index (χ1n) is 4.77. The van der Waals surface area contributed by atoms with E-state index in [2.05, 4.69) is 4.98 Å². The van der Waals surface area contributed by atoms with Gasteiger partial charge in [-0.3, -0.25) is 0 Å². The number of hydrogen-bond acceptors (Lipinski definition) is 1. The van der Waals surface area contributed by atoms with Gasteiger partial charge in [0.15, 0.2) is 0 Å². The second kappa shape index (κ2) is 4.67. The molecule has 0 aliphatic rings. The molecule has 0 bridgehead atoms. The highest BCUT2D eigenvalue weighted by atomic mass is 127. The van der Waals surface area contributed by atoms with Crippen molar-refractivity contribution in [2.24, 2.45) is 0 Å². The molecule has 1 aromatic heterocycles. The summed E-state index contributed by atoms with van der Waals surface area (Å²) in [5, 5.41) is 0. The van der Waals surface area contributed by atoms with E-state index in [4.69, 9.17) is 0 Å². The lowest BCUT2D eigenvalue weighted by atomic mass is 10.1. The average molecular weight is 352 g/mol. The second-order valence-electron chi connectivity index (χ2n) is 3.58. The zero-order chi connectivity index (χ0) is 12.5. The van der Waals surface area contributed by atoms with Gasteiger partial charge in [-0.25, -0.2) is 4.98 Å². The van der Waals surface area contributed by atoms with E-state index in [0.717, 1.165) is 6.07 Å². The largest absolute Gasteiger partial charge is 0.416 e. The molecule has 1 heterocycles. The maximum absolute atomic E-state index is 12.6. The third-order valence-electron chi connectivity index (χ3n) is 2.21. The number of rotatable bonds is 2. The highest BCUT2D eigenvalue weighted by molar-refractivity contribution is 14.1. The van der Waals surface area contributed by atoms with Gasteiger partial charge in [0.05, 0.1) is 11.9 Å². The summed E-state index contributed by atoms with van der Waals surface area (Å²) in [5.41, 5.74) is 0.00161. The Hall–Kier alpha value is -1.05. The van der Waals surface area contributed by atoms with Crippen LogP contribution in [0.2, 0.25) is 0 Å². The Kier molecular flexibility index (Phi) is 3.41. The molecule has 2 aromatic rings. The van der Waals surface area contributed by atoms with Crippen LogP contribution in [-0.4, -0.2) is 9.55 Å². The van der Waals surface area contributed by atoms with Crippen molar-refractivity contribution in [1.82, 2.24) is 9.55 Å². The molecule has 1 aromatic carbocycles. The van der Waals surface area contributed by atoms with Crippen LogP contribution in [0.5, 0.6) is 0 Å². The smallest absolute Gasteiger partial charge is 0.333 e. The first-order chi connectivity index (χ1) is 7.95. The Balaban J connectivity index is 2.32. The van der Waals surface area contributed by atoms with Crippen LogP contribution < -0.4 is 0 Å². The van der Waals surface area contributed by atoms with Crippen LogP contribution in [0.4, 0.5) is 13.2 Å². The van der Waals surface area contributed by atoms with Gasteiger partial charge in [0.2, 0.25) is 0 Å². The lowest BCUT2D eigenvalue weighted by Crippen LogP contribution is -2.07. The summed E-state index contributed by atoms with van der Waals surface area (Å²) in [4.78, 5) is 3.85. The van der Waals surface area contributed by atoms with Crippen molar-refractivity contribution in [3.63, 3.8) is 0 Å². The molecule has 0 N–H and O–H groups in total. The molecule has 0 saturated carbocycles. The van der Waals surface area contributed by atoms with E-state index in [-0.39, 0.29) is 0 Å². The van der Waals surface area contributed by atoms with Crippen LogP contribution in [0.3, 0.4) is 0 Å². The highest BCUT2D eigenvalue weighted by Crippen LogP contribution is 2.31. The van der Waals surface area contributed by atoms with E-state index in [1.807, 2.05) is 22.6 Å². The molecule has 0 atom stereocenters. The monoisotopic (exact) mass is 352 g/mol. The van der Waals surface area contributed by atoms with E-state index in [9.17, 15) is 13.2 Å². The summed E-state index contributed by atoms with van der Waals surface area (Å²) in [6, 6.07) is 4.04. The minimum Gasteiger partial charge on any atom is -0.333 e. The molecular formula is C11H8F3IN2. The molecule has 0 amide bonds. The molecule has 0 saturated heterocycles. The first-order valence-corrected chi connectivity index (χ1v) is 5.85. The first kappa shape index (κ1) is 12.4. The number of aromatic nitrogens is 2. The molecule has 0 radical (unpaired) electrons. The summed E-state index contributed by atoms with van der Waals surface area (Å²) in [6.07, 6.45) is 0.587. The summed E-state index contributed by atoms with van der Waals surface area (Å²) < 4.78 is 40.1. The lowest BCUT2D eigenvalue weighted by molar-refractivity contribution is -0.137. The predicted octanol–water partition coefficient (Wildman–Crippen LogP) is 3.55. The predicted molar refractivity (Wildman–Crippen MR) is 65.5 cm³/mol. The maximum atomic E-state index is 12.6. The van der Waals surface area contributed by atoms with Crippen LogP contribution in [0.15, 0.2) is 36.9 Å². The van der Waals surface area contributed by atoms with Crippen LogP contribution in [0, 0.1) is 3.57 Å². The Bertz CT molecular complexity index is 506. The number of hydrogen-bond donors (Lipinski definition) is 0. The summed E-state index contributed by atoms with van der Waals surface area (Å²) in [5.74, 6) is 0. The van der Waals surface area contributed by atoms with Crippen molar-refractivity contribution in [3.05, 3.63) is 51.6 Å². The molecular weight excluding hydrogens is 344 g/mol. The fourth-order valence-corrected chi connectivity index (χ4v) is 2.23. The number of benzene rings is 1. The zero-order valence-electron chi connectivity index (χ0n) is 8.58. The maximum Gasteiger partial charge on any atom is 0.416 e. The molecule has 0 aliphatic heterocycles. The van der Waals surface area contributed by atoms with E-state index in [1.165, 1.54) is 6.07 Å². The van der Waals surface area contributed by atoms with Gasteiger partial charge in [0, 0.05) is 22.5 Å². The molecule has 6 heteroatoms. The number of alkyl halides is 3. The quantitative estimate of drug-likeness (QED) is 0.756. The zero-order valence-corrected chi connectivity index (χ0v) is 10.7. The molecule has 90 valence electrons. The minimum atomic E-state index is -4.30. The Morgan fingerprint density at radius 2 is 2.00 bits per heavy atom. The molecule has 0 aliphatic carbocycles. The number of halogens is 4. The molecule has 17 heavy (non-hydrogen) atoms. The van der Waals surface area contributed by atoms with E-state index < -0.39 is 11.7 Å². The number of imidazole rings is 1. The molecule has 2 rings (SSSR count). The standard InChI is InChI=1S/C11H8F3IN2/c12-11(13,14)9-3-8(4-10(15)5-9)6-17-2-1-16-7-17/h1-5,7H,6H2. The Labute approximate surface area is 110 Å².